The van der Waals surface area contributed by atoms with Gasteiger partial charge in [0, 0.05) is 17.5 Å². The molecule has 1 nitrogen and oxygen atoms in total. The van der Waals surface area contributed by atoms with Gasteiger partial charge in [-0.15, -0.1) is 0 Å². The second-order valence-electron chi connectivity index (χ2n) is 4.97. The summed E-state index contributed by atoms with van der Waals surface area (Å²) < 4.78 is 0. The number of hydrogen-bond acceptors (Lipinski definition) is 1. The highest BCUT2D eigenvalue weighted by Crippen LogP contribution is 2.37. The highest BCUT2D eigenvalue weighted by molar-refractivity contribution is 5.25. The lowest BCUT2D eigenvalue weighted by Crippen LogP contribution is -2.39. The summed E-state index contributed by atoms with van der Waals surface area (Å²) in [6.45, 7) is 6.87. The van der Waals surface area contributed by atoms with Crippen LogP contribution in [-0.2, 0) is 0 Å². The standard InChI is InChI=1S/C13H19N/c1-10-9-12(13(2,3)14-10)11-7-5-4-6-8-11/h4-8,10,12,14H,9H2,1-3H3/t10-,12-/m1/s1. The molecule has 1 saturated heterocycles. The van der Waals surface area contributed by atoms with E-state index in [0.29, 0.717) is 12.0 Å². The molecule has 1 aromatic carbocycles. The van der Waals surface area contributed by atoms with Gasteiger partial charge in [-0.1, -0.05) is 30.3 Å². The molecule has 14 heavy (non-hydrogen) atoms. The summed E-state index contributed by atoms with van der Waals surface area (Å²) in [5.74, 6) is 0.652. The average molecular weight is 189 g/mol. The molecule has 76 valence electrons. The first-order valence-electron chi connectivity index (χ1n) is 5.42. The molecule has 0 amide bonds. The van der Waals surface area contributed by atoms with Crippen LogP contribution in [0, 0.1) is 0 Å². The highest BCUT2D eigenvalue weighted by Gasteiger charge is 2.38. The molecule has 0 unspecified atom stereocenters. The number of nitrogens with one attached hydrogen (secondary N) is 1. The third-order valence-corrected chi connectivity index (χ3v) is 3.28. The summed E-state index contributed by atoms with van der Waals surface area (Å²) in [6.07, 6.45) is 1.25. The predicted molar refractivity (Wildman–Crippen MR) is 60.5 cm³/mol. The van der Waals surface area contributed by atoms with Crippen molar-refractivity contribution in [3.63, 3.8) is 0 Å². The molecule has 2 atom stereocenters. The molecule has 1 aliphatic rings. The third kappa shape index (κ3) is 1.69. The zero-order valence-corrected chi connectivity index (χ0v) is 9.25. The summed E-state index contributed by atoms with van der Waals surface area (Å²) in [7, 11) is 0. The van der Waals surface area contributed by atoms with Crippen molar-refractivity contribution < 1.29 is 0 Å². The Bertz CT molecular complexity index is 302. The molecular weight excluding hydrogens is 170 g/mol. The fourth-order valence-corrected chi connectivity index (χ4v) is 2.68. The van der Waals surface area contributed by atoms with Crippen LogP contribution < -0.4 is 5.32 Å². The molecule has 1 heteroatoms. The van der Waals surface area contributed by atoms with Gasteiger partial charge in [-0.2, -0.15) is 0 Å². The van der Waals surface area contributed by atoms with E-state index in [1.165, 1.54) is 12.0 Å². The van der Waals surface area contributed by atoms with Crippen molar-refractivity contribution >= 4 is 0 Å². The minimum atomic E-state index is 0.237. The monoisotopic (exact) mass is 189 g/mol. The molecule has 0 bridgehead atoms. The van der Waals surface area contributed by atoms with E-state index < -0.39 is 0 Å². The van der Waals surface area contributed by atoms with Crippen LogP contribution in [0.25, 0.3) is 0 Å². The molecular formula is C13H19N. The molecule has 0 aliphatic carbocycles. The maximum atomic E-state index is 3.64. The minimum Gasteiger partial charge on any atom is -0.309 e. The molecule has 1 N–H and O–H groups in total. The number of rotatable bonds is 1. The van der Waals surface area contributed by atoms with Crippen molar-refractivity contribution in [1.29, 1.82) is 0 Å². The Labute approximate surface area is 86.5 Å². The van der Waals surface area contributed by atoms with Gasteiger partial charge in [-0.3, -0.25) is 0 Å². The van der Waals surface area contributed by atoms with E-state index in [0.717, 1.165) is 0 Å². The Morgan fingerprint density at radius 2 is 1.86 bits per heavy atom. The molecule has 1 heterocycles. The largest absolute Gasteiger partial charge is 0.309 e. The summed E-state index contributed by atoms with van der Waals surface area (Å²) in [5, 5.41) is 3.64. The van der Waals surface area contributed by atoms with Crippen molar-refractivity contribution in [2.75, 3.05) is 0 Å². The lowest BCUT2D eigenvalue weighted by atomic mass is 9.83. The lowest BCUT2D eigenvalue weighted by molar-refractivity contribution is 0.400. The molecule has 1 fully saturated rings. The number of hydrogen-bond donors (Lipinski definition) is 1. The Morgan fingerprint density at radius 1 is 1.21 bits per heavy atom. The molecule has 2 rings (SSSR count). The van der Waals surface area contributed by atoms with Gasteiger partial charge in [0.1, 0.15) is 0 Å². The van der Waals surface area contributed by atoms with Crippen LogP contribution in [0.4, 0.5) is 0 Å². The lowest BCUT2D eigenvalue weighted by Gasteiger charge is -2.27. The van der Waals surface area contributed by atoms with E-state index in [1.807, 2.05) is 0 Å². The minimum absolute atomic E-state index is 0.237. The van der Waals surface area contributed by atoms with Gasteiger partial charge in [0.15, 0.2) is 0 Å². The van der Waals surface area contributed by atoms with Crippen LogP contribution in [0.2, 0.25) is 0 Å². The Kier molecular flexibility index (Phi) is 2.36. The van der Waals surface area contributed by atoms with Gasteiger partial charge in [-0.05, 0) is 32.8 Å². The predicted octanol–water partition coefficient (Wildman–Crippen LogP) is 2.93. The van der Waals surface area contributed by atoms with E-state index in [-0.39, 0.29) is 5.54 Å². The maximum absolute atomic E-state index is 3.64. The van der Waals surface area contributed by atoms with Gasteiger partial charge in [-0.25, -0.2) is 0 Å². The van der Waals surface area contributed by atoms with E-state index in [1.54, 1.807) is 0 Å². The Hall–Kier alpha value is -0.820. The topological polar surface area (TPSA) is 12.0 Å². The smallest absolute Gasteiger partial charge is 0.0196 e. The highest BCUT2D eigenvalue weighted by atomic mass is 15.0. The summed E-state index contributed by atoms with van der Waals surface area (Å²) in [5.41, 5.74) is 1.70. The van der Waals surface area contributed by atoms with Crippen molar-refractivity contribution in [3.05, 3.63) is 35.9 Å². The second-order valence-corrected chi connectivity index (χ2v) is 4.97. The third-order valence-electron chi connectivity index (χ3n) is 3.28. The first-order chi connectivity index (χ1) is 6.59. The first-order valence-corrected chi connectivity index (χ1v) is 5.42. The fourth-order valence-electron chi connectivity index (χ4n) is 2.68. The van der Waals surface area contributed by atoms with Crippen molar-refractivity contribution in [2.24, 2.45) is 0 Å². The molecule has 0 radical (unpaired) electrons. The SMILES string of the molecule is C[C@@H]1C[C@H](c2ccccc2)C(C)(C)N1. The summed E-state index contributed by atoms with van der Waals surface area (Å²) in [4.78, 5) is 0. The van der Waals surface area contributed by atoms with E-state index in [4.69, 9.17) is 0 Å². The average Bonchev–Trinajstić information content (AvgIpc) is 2.41. The van der Waals surface area contributed by atoms with E-state index >= 15 is 0 Å². The zero-order valence-electron chi connectivity index (χ0n) is 9.25. The van der Waals surface area contributed by atoms with Crippen LogP contribution in [0.3, 0.4) is 0 Å². The van der Waals surface area contributed by atoms with Gasteiger partial charge >= 0.3 is 0 Å². The van der Waals surface area contributed by atoms with Gasteiger partial charge in [0.25, 0.3) is 0 Å². The van der Waals surface area contributed by atoms with Gasteiger partial charge in [0.2, 0.25) is 0 Å². The molecule has 0 aromatic heterocycles. The van der Waals surface area contributed by atoms with Crippen LogP contribution >= 0.6 is 0 Å². The Morgan fingerprint density at radius 3 is 2.36 bits per heavy atom. The summed E-state index contributed by atoms with van der Waals surface area (Å²) >= 11 is 0. The van der Waals surface area contributed by atoms with E-state index in [2.05, 4.69) is 56.4 Å². The van der Waals surface area contributed by atoms with Gasteiger partial charge in [0.05, 0.1) is 0 Å². The fraction of sp³-hybridized carbons (Fsp3) is 0.538. The quantitative estimate of drug-likeness (QED) is 0.716. The number of benzene rings is 1. The van der Waals surface area contributed by atoms with Crippen molar-refractivity contribution in [3.8, 4) is 0 Å². The van der Waals surface area contributed by atoms with Crippen LogP contribution in [0.5, 0.6) is 0 Å². The molecule has 1 aromatic rings. The summed E-state index contributed by atoms with van der Waals surface area (Å²) in [6, 6.07) is 11.5. The Balaban J connectivity index is 2.27. The first kappa shape index (κ1) is 9.72. The van der Waals surface area contributed by atoms with Crippen molar-refractivity contribution in [2.45, 2.75) is 44.7 Å². The van der Waals surface area contributed by atoms with E-state index in [9.17, 15) is 0 Å². The molecule has 1 aliphatic heterocycles. The van der Waals surface area contributed by atoms with Gasteiger partial charge < -0.3 is 5.32 Å². The zero-order chi connectivity index (χ0) is 10.2. The normalized spacial score (nSPS) is 30.5. The van der Waals surface area contributed by atoms with Crippen molar-refractivity contribution in [1.82, 2.24) is 5.32 Å². The van der Waals surface area contributed by atoms with Crippen LogP contribution in [0.1, 0.15) is 38.7 Å². The van der Waals surface area contributed by atoms with Crippen LogP contribution in [0.15, 0.2) is 30.3 Å². The molecule has 0 spiro atoms. The van der Waals surface area contributed by atoms with Crippen LogP contribution in [-0.4, -0.2) is 11.6 Å². The molecule has 0 saturated carbocycles. The second kappa shape index (κ2) is 3.39. The maximum Gasteiger partial charge on any atom is 0.0196 e.